The minimum Gasteiger partial charge on any atom is -0.325 e. The average molecular weight is 395 g/mol. The number of carbonyl (C=O) groups is 1. The van der Waals surface area contributed by atoms with E-state index in [0.29, 0.717) is 5.75 Å². The molecule has 0 aliphatic carbocycles. The van der Waals surface area contributed by atoms with E-state index in [1.807, 2.05) is 31.2 Å². The standard InChI is InChI=1S/C22H26N4OS/c1-5-17-12-9-11-16(4)20(17)23-19(27)14-28-22-25-24-21(26(22)6-2)18-13-8-7-10-15(18)3/h7-13H,5-6,14H2,1-4H3,(H,23,27). The predicted octanol–water partition coefficient (Wildman–Crippen LogP) is 4.88. The maximum absolute atomic E-state index is 12.5. The zero-order valence-corrected chi connectivity index (χ0v) is 17.6. The molecule has 1 amide bonds. The Balaban J connectivity index is 1.74. The summed E-state index contributed by atoms with van der Waals surface area (Å²) >= 11 is 1.42. The number of thioether (sulfide) groups is 1. The van der Waals surface area contributed by atoms with E-state index in [1.165, 1.54) is 11.8 Å². The average Bonchev–Trinajstić information content (AvgIpc) is 3.11. The van der Waals surface area contributed by atoms with Crippen LogP contribution in [0.1, 0.15) is 30.5 Å². The lowest BCUT2D eigenvalue weighted by Crippen LogP contribution is -2.16. The van der Waals surface area contributed by atoms with Gasteiger partial charge in [0.1, 0.15) is 0 Å². The van der Waals surface area contributed by atoms with Crippen LogP contribution in [0.3, 0.4) is 0 Å². The number of rotatable bonds is 7. The molecule has 5 nitrogen and oxygen atoms in total. The van der Waals surface area contributed by atoms with Crippen LogP contribution in [0.2, 0.25) is 0 Å². The third-order valence-electron chi connectivity index (χ3n) is 4.76. The normalized spacial score (nSPS) is 10.9. The predicted molar refractivity (Wildman–Crippen MR) is 116 cm³/mol. The van der Waals surface area contributed by atoms with Gasteiger partial charge in [0, 0.05) is 17.8 Å². The van der Waals surface area contributed by atoms with Crippen LogP contribution in [0.25, 0.3) is 11.4 Å². The molecule has 2 aromatic carbocycles. The minimum absolute atomic E-state index is 0.0305. The molecule has 0 aliphatic rings. The molecule has 0 radical (unpaired) electrons. The quantitative estimate of drug-likeness (QED) is 0.581. The lowest BCUT2D eigenvalue weighted by atomic mass is 10.1. The Labute approximate surface area is 170 Å². The van der Waals surface area contributed by atoms with Crippen LogP contribution in [0.5, 0.6) is 0 Å². The zero-order valence-electron chi connectivity index (χ0n) is 16.8. The molecule has 0 spiro atoms. The lowest BCUT2D eigenvalue weighted by molar-refractivity contribution is -0.113. The fourth-order valence-electron chi connectivity index (χ4n) is 3.21. The summed E-state index contributed by atoms with van der Waals surface area (Å²) in [6.07, 6.45) is 0.883. The maximum Gasteiger partial charge on any atom is 0.234 e. The van der Waals surface area contributed by atoms with Gasteiger partial charge in [0.25, 0.3) is 0 Å². The van der Waals surface area contributed by atoms with Crippen LogP contribution in [0, 0.1) is 13.8 Å². The smallest absolute Gasteiger partial charge is 0.234 e. The first-order chi connectivity index (χ1) is 13.5. The van der Waals surface area contributed by atoms with E-state index >= 15 is 0 Å². The van der Waals surface area contributed by atoms with Crippen molar-refractivity contribution >= 4 is 23.4 Å². The number of amides is 1. The Hall–Kier alpha value is -2.60. The highest BCUT2D eigenvalue weighted by Crippen LogP contribution is 2.27. The van der Waals surface area contributed by atoms with Crippen molar-refractivity contribution in [3.8, 4) is 11.4 Å². The summed E-state index contributed by atoms with van der Waals surface area (Å²) in [5, 5.41) is 12.5. The second kappa shape index (κ2) is 9.06. The molecule has 1 heterocycles. The summed E-state index contributed by atoms with van der Waals surface area (Å²) < 4.78 is 2.06. The van der Waals surface area contributed by atoms with E-state index in [1.54, 1.807) is 0 Å². The van der Waals surface area contributed by atoms with Gasteiger partial charge in [0.15, 0.2) is 11.0 Å². The van der Waals surface area contributed by atoms with Gasteiger partial charge in [-0.1, -0.05) is 61.2 Å². The van der Waals surface area contributed by atoms with E-state index < -0.39 is 0 Å². The molecular formula is C22H26N4OS. The van der Waals surface area contributed by atoms with Crippen LogP contribution >= 0.6 is 11.8 Å². The number of nitrogens with zero attached hydrogens (tertiary/aromatic N) is 3. The van der Waals surface area contributed by atoms with Crippen molar-refractivity contribution in [3.05, 3.63) is 59.2 Å². The van der Waals surface area contributed by atoms with E-state index in [2.05, 4.69) is 59.1 Å². The highest BCUT2D eigenvalue weighted by Gasteiger charge is 2.16. The van der Waals surface area contributed by atoms with Crippen LogP contribution in [0.4, 0.5) is 5.69 Å². The van der Waals surface area contributed by atoms with Crippen molar-refractivity contribution in [2.75, 3.05) is 11.1 Å². The Morgan fingerprint density at radius 3 is 2.50 bits per heavy atom. The molecule has 0 fully saturated rings. The monoisotopic (exact) mass is 394 g/mol. The molecule has 0 saturated heterocycles. The number of aryl methyl sites for hydroxylation is 3. The largest absolute Gasteiger partial charge is 0.325 e. The van der Waals surface area contributed by atoms with Gasteiger partial charge in [-0.3, -0.25) is 4.79 Å². The summed E-state index contributed by atoms with van der Waals surface area (Å²) in [5.41, 5.74) is 5.38. The van der Waals surface area contributed by atoms with Crippen LogP contribution in [-0.4, -0.2) is 26.4 Å². The van der Waals surface area contributed by atoms with Crippen molar-refractivity contribution in [2.24, 2.45) is 0 Å². The molecule has 3 rings (SSSR count). The molecule has 0 bridgehead atoms. The van der Waals surface area contributed by atoms with Crippen molar-refractivity contribution in [1.29, 1.82) is 0 Å². The molecule has 3 aromatic rings. The molecule has 0 unspecified atom stereocenters. The summed E-state index contributed by atoms with van der Waals surface area (Å²) in [4.78, 5) is 12.5. The van der Waals surface area contributed by atoms with Gasteiger partial charge < -0.3 is 9.88 Å². The number of anilines is 1. The SMILES string of the molecule is CCc1cccc(C)c1NC(=O)CSc1nnc(-c2ccccc2C)n1CC. The van der Waals surface area contributed by atoms with Crippen LogP contribution in [0.15, 0.2) is 47.6 Å². The van der Waals surface area contributed by atoms with E-state index in [0.717, 1.165) is 51.9 Å². The van der Waals surface area contributed by atoms with E-state index in [-0.39, 0.29) is 5.91 Å². The number of hydrogen-bond donors (Lipinski definition) is 1. The van der Waals surface area contributed by atoms with Gasteiger partial charge in [0.2, 0.25) is 5.91 Å². The highest BCUT2D eigenvalue weighted by molar-refractivity contribution is 7.99. The molecule has 1 N–H and O–H groups in total. The first kappa shape index (κ1) is 20.1. The number of para-hydroxylation sites is 1. The van der Waals surface area contributed by atoms with Crippen molar-refractivity contribution in [1.82, 2.24) is 14.8 Å². The van der Waals surface area contributed by atoms with Crippen molar-refractivity contribution in [3.63, 3.8) is 0 Å². The lowest BCUT2D eigenvalue weighted by Gasteiger charge is -2.13. The molecule has 0 atom stereocenters. The van der Waals surface area contributed by atoms with Gasteiger partial charge in [0.05, 0.1) is 5.75 Å². The summed E-state index contributed by atoms with van der Waals surface area (Å²) in [7, 11) is 0. The van der Waals surface area contributed by atoms with Gasteiger partial charge in [-0.2, -0.15) is 0 Å². The molecule has 28 heavy (non-hydrogen) atoms. The second-order valence-corrected chi connectivity index (χ2v) is 7.61. The Morgan fingerprint density at radius 2 is 1.79 bits per heavy atom. The molecule has 6 heteroatoms. The van der Waals surface area contributed by atoms with Crippen LogP contribution in [-0.2, 0) is 17.8 Å². The number of hydrogen-bond acceptors (Lipinski definition) is 4. The number of aromatic nitrogens is 3. The van der Waals surface area contributed by atoms with E-state index in [4.69, 9.17) is 0 Å². The fraction of sp³-hybridized carbons (Fsp3) is 0.318. The summed E-state index contributed by atoms with van der Waals surface area (Å²) in [6, 6.07) is 14.2. The Bertz CT molecular complexity index is 980. The first-order valence-corrected chi connectivity index (χ1v) is 10.5. The van der Waals surface area contributed by atoms with Gasteiger partial charge in [-0.25, -0.2) is 0 Å². The van der Waals surface area contributed by atoms with Crippen molar-refractivity contribution < 1.29 is 4.79 Å². The van der Waals surface area contributed by atoms with Gasteiger partial charge in [-0.05, 0) is 43.9 Å². The summed E-state index contributed by atoms with van der Waals surface area (Å²) in [6.45, 7) is 8.99. The third-order valence-corrected chi connectivity index (χ3v) is 5.72. The molecule has 146 valence electrons. The second-order valence-electron chi connectivity index (χ2n) is 6.66. The number of benzene rings is 2. The number of nitrogens with one attached hydrogen (secondary N) is 1. The first-order valence-electron chi connectivity index (χ1n) is 9.55. The molecular weight excluding hydrogens is 368 g/mol. The van der Waals surface area contributed by atoms with E-state index in [9.17, 15) is 4.79 Å². The molecule has 0 aliphatic heterocycles. The molecule has 1 aromatic heterocycles. The maximum atomic E-state index is 12.5. The zero-order chi connectivity index (χ0) is 20.1. The Morgan fingerprint density at radius 1 is 1.04 bits per heavy atom. The molecule has 0 saturated carbocycles. The van der Waals surface area contributed by atoms with Crippen molar-refractivity contribution in [2.45, 2.75) is 45.8 Å². The Kier molecular flexibility index (Phi) is 6.52. The van der Waals surface area contributed by atoms with Gasteiger partial charge >= 0.3 is 0 Å². The van der Waals surface area contributed by atoms with Crippen LogP contribution < -0.4 is 5.32 Å². The summed E-state index contributed by atoms with van der Waals surface area (Å²) in [5.74, 6) is 1.11. The minimum atomic E-state index is -0.0305. The topological polar surface area (TPSA) is 59.8 Å². The number of carbonyl (C=O) groups excluding carboxylic acids is 1. The highest BCUT2D eigenvalue weighted by atomic mass is 32.2. The van der Waals surface area contributed by atoms with Gasteiger partial charge in [-0.15, -0.1) is 10.2 Å². The third kappa shape index (κ3) is 4.28. The fourth-order valence-corrected chi connectivity index (χ4v) is 4.01.